The molecule has 0 atom stereocenters. The van der Waals surface area contributed by atoms with E-state index in [0.29, 0.717) is 6.42 Å². The Bertz CT molecular complexity index is 649. The van der Waals surface area contributed by atoms with Gasteiger partial charge < -0.3 is 0 Å². The number of halogens is 1. The molecule has 0 radical (unpaired) electrons. The van der Waals surface area contributed by atoms with Crippen LogP contribution in [0.3, 0.4) is 0 Å². The number of hydrogen-bond donors (Lipinski definition) is 1. The number of hydrazone groups is 1. The molecule has 1 aromatic heterocycles. The molecule has 20 heavy (non-hydrogen) atoms. The van der Waals surface area contributed by atoms with Crippen LogP contribution in [-0.4, -0.2) is 12.1 Å². The highest BCUT2D eigenvalue weighted by molar-refractivity contribution is 9.11. The predicted octanol–water partition coefficient (Wildman–Crippen LogP) is 3.82. The van der Waals surface area contributed by atoms with Crippen molar-refractivity contribution in [1.29, 1.82) is 0 Å². The number of nitrogens with zero attached hydrogens (tertiary/aromatic N) is 1. The van der Waals surface area contributed by atoms with Gasteiger partial charge in [-0.1, -0.05) is 23.8 Å². The number of amides is 1. The summed E-state index contributed by atoms with van der Waals surface area (Å²) in [4.78, 5) is 12.8. The zero-order valence-electron chi connectivity index (χ0n) is 11.3. The molecule has 104 valence electrons. The minimum absolute atomic E-state index is 0.108. The summed E-state index contributed by atoms with van der Waals surface area (Å²) >= 11 is 4.94. The van der Waals surface area contributed by atoms with Gasteiger partial charge in [-0.05, 0) is 53.0 Å². The average Bonchev–Trinajstić information content (AvgIpc) is 2.79. The van der Waals surface area contributed by atoms with Gasteiger partial charge in [-0.15, -0.1) is 11.3 Å². The van der Waals surface area contributed by atoms with Crippen molar-refractivity contribution in [3.63, 3.8) is 0 Å². The van der Waals surface area contributed by atoms with Crippen molar-refractivity contribution in [2.45, 2.75) is 20.3 Å². The molecule has 1 amide bonds. The maximum atomic E-state index is 11.8. The first-order valence-corrected chi connectivity index (χ1v) is 7.79. The van der Waals surface area contributed by atoms with Crippen LogP contribution in [0.4, 0.5) is 0 Å². The standard InChI is InChI=1S/C15H15BrN2OS/c1-10-3-4-12(11(2)7-10)8-15(19)18-17-9-13-5-6-14(16)20-13/h3-7,9H,8H2,1-2H3,(H,18,19)/b17-9-. The summed E-state index contributed by atoms with van der Waals surface area (Å²) in [7, 11) is 0. The van der Waals surface area contributed by atoms with E-state index < -0.39 is 0 Å². The Kier molecular flexibility index (Phi) is 5.09. The Morgan fingerprint density at radius 1 is 1.35 bits per heavy atom. The number of thiophene rings is 1. The Morgan fingerprint density at radius 3 is 2.80 bits per heavy atom. The van der Waals surface area contributed by atoms with Crippen molar-refractivity contribution in [2.75, 3.05) is 0 Å². The Balaban J connectivity index is 1.91. The molecule has 0 aliphatic heterocycles. The summed E-state index contributed by atoms with van der Waals surface area (Å²) in [6, 6.07) is 9.97. The first-order valence-electron chi connectivity index (χ1n) is 6.18. The van der Waals surface area contributed by atoms with E-state index in [-0.39, 0.29) is 5.91 Å². The van der Waals surface area contributed by atoms with Crippen LogP contribution >= 0.6 is 27.3 Å². The molecule has 0 spiro atoms. The second-order valence-corrected chi connectivity index (χ2v) is 7.04. The lowest BCUT2D eigenvalue weighted by Crippen LogP contribution is -2.20. The average molecular weight is 351 g/mol. The molecule has 0 fully saturated rings. The zero-order valence-corrected chi connectivity index (χ0v) is 13.7. The molecule has 0 bridgehead atoms. The molecule has 1 heterocycles. The first-order chi connectivity index (χ1) is 9.54. The number of aryl methyl sites for hydroxylation is 2. The number of carbonyl (C=O) groups is 1. The maximum absolute atomic E-state index is 11.8. The molecule has 3 nitrogen and oxygen atoms in total. The molecule has 2 rings (SSSR count). The molecule has 2 aromatic rings. The van der Waals surface area contributed by atoms with E-state index in [2.05, 4.69) is 32.5 Å². The normalized spacial score (nSPS) is 10.9. The van der Waals surface area contributed by atoms with Crippen LogP contribution in [0, 0.1) is 13.8 Å². The van der Waals surface area contributed by atoms with Gasteiger partial charge in [0.25, 0.3) is 0 Å². The summed E-state index contributed by atoms with van der Waals surface area (Å²) in [5.74, 6) is -0.108. The van der Waals surface area contributed by atoms with E-state index in [0.717, 1.165) is 19.8 Å². The third-order valence-electron chi connectivity index (χ3n) is 2.82. The summed E-state index contributed by atoms with van der Waals surface area (Å²) in [6.07, 6.45) is 1.99. The van der Waals surface area contributed by atoms with Crippen LogP contribution in [0.1, 0.15) is 21.6 Å². The third-order valence-corrected chi connectivity index (χ3v) is 4.38. The van der Waals surface area contributed by atoms with E-state index >= 15 is 0 Å². The minimum Gasteiger partial charge on any atom is -0.273 e. The topological polar surface area (TPSA) is 41.5 Å². The third kappa shape index (κ3) is 4.28. The molecule has 0 saturated heterocycles. The Labute approximate surface area is 130 Å². The summed E-state index contributed by atoms with van der Waals surface area (Å²) < 4.78 is 1.04. The van der Waals surface area contributed by atoms with Crippen LogP contribution in [0.25, 0.3) is 0 Å². The molecule has 1 N–H and O–H groups in total. The number of carbonyl (C=O) groups excluding carboxylic acids is 1. The molecular weight excluding hydrogens is 336 g/mol. The fourth-order valence-corrected chi connectivity index (χ4v) is 3.12. The molecular formula is C15H15BrN2OS. The molecule has 0 saturated carbocycles. The summed E-state index contributed by atoms with van der Waals surface area (Å²) in [5, 5.41) is 3.96. The molecule has 0 aliphatic carbocycles. The molecule has 5 heteroatoms. The van der Waals surface area contributed by atoms with Crippen LogP contribution in [0.5, 0.6) is 0 Å². The second kappa shape index (κ2) is 6.81. The van der Waals surface area contributed by atoms with E-state index in [1.54, 1.807) is 17.6 Å². The lowest BCUT2D eigenvalue weighted by Gasteiger charge is -2.05. The first kappa shape index (κ1) is 14.9. The molecule has 0 unspecified atom stereocenters. The van der Waals surface area contributed by atoms with Crippen LogP contribution in [-0.2, 0) is 11.2 Å². The van der Waals surface area contributed by atoms with Gasteiger partial charge >= 0.3 is 0 Å². The lowest BCUT2D eigenvalue weighted by atomic mass is 10.0. The quantitative estimate of drug-likeness (QED) is 0.660. The van der Waals surface area contributed by atoms with Crippen molar-refractivity contribution in [3.05, 3.63) is 55.7 Å². The number of benzene rings is 1. The van der Waals surface area contributed by atoms with Gasteiger partial charge in [0.1, 0.15) is 0 Å². The van der Waals surface area contributed by atoms with Crippen molar-refractivity contribution >= 4 is 39.4 Å². The highest BCUT2D eigenvalue weighted by Gasteiger charge is 2.05. The fraction of sp³-hybridized carbons (Fsp3) is 0.200. The number of rotatable bonds is 4. The lowest BCUT2D eigenvalue weighted by molar-refractivity contribution is -0.120. The van der Waals surface area contributed by atoms with E-state index in [4.69, 9.17) is 0 Å². The van der Waals surface area contributed by atoms with Crippen molar-refractivity contribution in [2.24, 2.45) is 5.10 Å². The van der Waals surface area contributed by atoms with E-state index in [9.17, 15) is 4.79 Å². The SMILES string of the molecule is Cc1ccc(CC(=O)N/N=C\c2ccc(Br)s2)c(C)c1. The number of nitrogens with one attached hydrogen (secondary N) is 1. The highest BCUT2D eigenvalue weighted by Crippen LogP contribution is 2.20. The predicted molar refractivity (Wildman–Crippen MR) is 87.4 cm³/mol. The van der Waals surface area contributed by atoms with Crippen molar-refractivity contribution in [3.8, 4) is 0 Å². The van der Waals surface area contributed by atoms with Gasteiger partial charge in [0, 0.05) is 4.88 Å². The monoisotopic (exact) mass is 350 g/mol. The van der Waals surface area contributed by atoms with Gasteiger partial charge in [-0.25, -0.2) is 5.43 Å². The van der Waals surface area contributed by atoms with Crippen molar-refractivity contribution < 1.29 is 4.79 Å². The zero-order chi connectivity index (χ0) is 14.5. The minimum atomic E-state index is -0.108. The fourth-order valence-electron chi connectivity index (χ4n) is 1.82. The Morgan fingerprint density at radius 2 is 2.15 bits per heavy atom. The summed E-state index contributed by atoms with van der Waals surface area (Å²) in [6.45, 7) is 4.06. The van der Waals surface area contributed by atoms with Gasteiger partial charge in [0.15, 0.2) is 0 Å². The number of hydrogen-bond acceptors (Lipinski definition) is 3. The van der Waals surface area contributed by atoms with Gasteiger partial charge in [-0.2, -0.15) is 5.10 Å². The largest absolute Gasteiger partial charge is 0.273 e. The Hall–Kier alpha value is -1.46. The van der Waals surface area contributed by atoms with Gasteiger partial charge in [0.2, 0.25) is 5.91 Å². The van der Waals surface area contributed by atoms with Crippen LogP contribution in [0.2, 0.25) is 0 Å². The molecule has 1 aromatic carbocycles. The van der Waals surface area contributed by atoms with Crippen LogP contribution in [0.15, 0.2) is 39.2 Å². The van der Waals surface area contributed by atoms with E-state index in [1.165, 1.54) is 5.56 Å². The smallest absolute Gasteiger partial charge is 0.244 e. The molecule has 0 aliphatic rings. The van der Waals surface area contributed by atoms with Crippen LogP contribution < -0.4 is 5.43 Å². The second-order valence-electron chi connectivity index (χ2n) is 4.54. The van der Waals surface area contributed by atoms with Gasteiger partial charge in [0.05, 0.1) is 16.4 Å². The van der Waals surface area contributed by atoms with Crippen molar-refractivity contribution in [1.82, 2.24) is 5.43 Å². The maximum Gasteiger partial charge on any atom is 0.244 e. The van der Waals surface area contributed by atoms with Gasteiger partial charge in [-0.3, -0.25) is 4.79 Å². The highest BCUT2D eigenvalue weighted by atomic mass is 79.9. The summed E-state index contributed by atoms with van der Waals surface area (Å²) in [5.41, 5.74) is 5.92. The van der Waals surface area contributed by atoms with E-state index in [1.807, 2.05) is 38.1 Å².